The molecule has 1 N–H and O–H groups in total. The van der Waals surface area contributed by atoms with E-state index in [1.54, 1.807) is 0 Å². The van der Waals surface area contributed by atoms with Crippen LogP contribution in [0.25, 0.3) is 0 Å². The Morgan fingerprint density at radius 2 is 1.93 bits per heavy atom. The lowest BCUT2D eigenvalue weighted by Gasteiger charge is -2.25. The molecular formula is C11H19Cl2N. The van der Waals surface area contributed by atoms with Gasteiger partial charge in [-0.2, -0.15) is 0 Å². The van der Waals surface area contributed by atoms with E-state index >= 15 is 0 Å². The predicted molar refractivity (Wildman–Crippen MR) is 65.1 cm³/mol. The Morgan fingerprint density at radius 3 is 2.43 bits per heavy atom. The molecular weight excluding hydrogens is 217 g/mol. The van der Waals surface area contributed by atoms with Gasteiger partial charge in [-0.25, -0.2) is 0 Å². The number of hydrogen-bond donors (Lipinski definition) is 1. The van der Waals surface area contributed by atoms with Gasteiger partial charge in [0.1, 0.15) is 0 Å². The zero-order valence-corrected chi connectivity index (χ0v) is 10.3. The molecule has 0 amide bonds. The molecule has 0 heterocycles. The molecule has 1 aliphatic rings. The second kappa shape index (κ2) is 8.41. The van der Waals surface area contributed by atoms with Gasteiger partial charge >= 0.3 is 0 Å². The molecule has 0 bridgehead atoms. The minimum atomic E-state index is 0. The first-order valence-corrected chi connectivity index (χ1v) is 5.59. The number of nitrogens with one attached hydrogen (secondary N) is 1. The number of halogens is 2. The fraction of sp³-hybridized carbons (Fsp3) is 0.818. The smallest absolute Gasteiger partial charge is 0.0835 e. The normalized spacial score (nSPS) is 25.9. The van der Waals surface area contributed by atoms with Crippen LogP contribution in [0.5, 0.6) is 0 Å². The third-order valence-corrected chi connectivity index (χ3v) is 2.85. The standard InChI is InChI=1S/C11H18ClN.ClH/c1-13-9-11-6-4-10(5-7-11)3-2-8-12;/h10-11,13H,4-9H2,1H3;1H/t10-,11-;. The van der Waals surface area contributed by atoms with Gasteiger partial charge in [0.2, 0.25) is 0 Å². The average Bonchev–Trinajstić information content (AvgIpc) is 2.17. The molecule has 0 atom stereocenters. The van der Waals surface area contributed by atoms with Gasteiger partial charge in [-0.3, -0.25) is 0 Å². The van der Waals surface area contributed by atoms with Crippen molar-refractivity contribution in [3.8, 4) is 11.8 Å². The van der Waals surface area contributed by atoms with Crippen LogP contribution in [0.2, 0.25) is 0 Å². The molecule has 3 heteroatoms. The topological polar surface area (TPSA) is 12.0 Å². The van der Waals surface area contributed by atoms with E-state index in [4.69, 9.17) is 11.6 Å². The Balaban J connectivity index is 0.00000169. The van der Waals surface area contributed by atoms with Crippen LogP contribution in [0, 0.1) is 23.7 Å². The van der Waals surface area contributed by atoms with E-state index in [9.17, 15) is 0 Å². The molecule has 0 aromatic carbocycles. The van der Waals surface area contributed by atoms with Crippen LogP contribution in [0.4, 0.5) is 0 Å². The molecule has 1 aliphatic carbocycles. The van der Waals surface area contributed by atoms with Crippen LogP contribution in [0.3, 0.4) is 0 Å². The maximum Gasteiger partial charge on any atom is 0.0835 e. The molecule has 1 rings (SSSR count). The van der Waals surface area contributed by atoms with Crippen molar-refractivity contribution in [1.29, 1.82) is 0 Å². The number of alkyl halides is 1. The second-order valence-corrected chi connectivity index (χ2v) is 4.00. The number of hydrogen-bond acceptors (Lipinski definition) is 1. The third kappa shape index (κ3) is 5.10. The first-order chi connectivity index (χ1) is 6.36. The van der Waals surface area contributed by atoms with Gasteiger partial charge in [-0.15, -0.1) is 24.0 Å². The molecule has 0 spiro atoms. The first kappa shape index (κ1) is 14.1. The van der Waals surface area contributed by atoms with Crippen molar-refractivity contribution >= 4 is 24.0 Å². The maximum absolute atomic E-state index is 5.52. The largest absolute Gasteiger partial charge is 0.319 e. The zero-order valence-electron chi connectivity index (χ0n) is 8.68. The Labute approximate surface area is 98.4 Å². The Kier molecular flexibility index (Phi) is 8.47. The highest BCUT2D eigenvalue weighted by Crippen LogP contribution is 2.27. The van der Waals surface area contributed by atoms with Gasteiger partial charge in [-0.05, 0) is 45.2 Å². The molecule has 0 aromatic heterocycles. The summed E-state index contributed by atoms with van der Waals surface area (Å²) in [4.78, 5) is 0. The molecule has 0 aliphatic heterocycles. The van der Waals surface area contributed by atoms with Crippen LogP contribution >= 0.6 is 24.0 Å². The Hall–Kier alpha value is 0.100. The summed E-state index contributed by atoms with van der Waals surface area (Å²) in [7, 11) is 2.03. The van der Waals surface area contributed by atoms with E-state index in [2.05, 4.69) is 17.2 Å². The van der Waals surface area contributed by atoms with Crippen molar-refractivity contribution in [2.75, 3.05) is 19.5 Å². The predicted octanol–water partition coefficient (Wildman–Crippen LogP) is 2.68. The van der Waals surface area contributed by atoms with Crippen LogP contribution in [0.1, 0.15) is 25.7 Å². The van der Waals surface area contributed by atoms with E-state index in [-0.39, 0.29) is 12.4 Å². The zero-order chi connectivity index (χ0) is 9.52. The van der Waals surface area contributed by atoms with Gasteiger partial charge < -0.3 is 5.32 Å². The summed E-state index contributed by atoms with van der Waals surface area (Å²) in [5.74, 6) is 8.17. The lowest BCUT2D eigenvalue weighted by atomic mass is 9.82. The summed E-state index contributed by atoms with van der Waals surface area (Å²) < 4.78 is 0. The molecule has 0 unspecified atom stereocenters. The van der Waals surface area contributed by atoms with Crippen molar-refractivity contribution in [2.24, 2.45) is 11.8 Å². The van der Waals surface area contributed by atoms with Gasteiger partial charge in [0.05, 0.1) is 5.88 Å². The van der Waals surface area contributed by atoms with E-state index < -0.39 is 0 Å². The van der Waals surface area contributed by atoms with Crippen LogP contribution in [-0.2, 0) is 0 Å². The average molecular weight is 236 g/mol. The molecule has 1 saturated carbocycles. The highest BCUT2D eigenvalue weighted by atomic mass is 35.5. The van der Waals surface area contributed by atoms with Crippen LogP contribution < -0.4 is 5.32 Å². The summed E-state index contributed by atoms with van der Waals surface area (Å²) in [6.45, 7) is 1.16. The molecule has 0 radical (unpaired) electrons. The number of rotatable bonds is 2. The lowest BCUT2D eigenvalue weighted by Crippen LogP contribution is -2.23. The summed E-state index contributed by atoms with van der Waals surface area (Å²) in [5.41, 5.74) is 0. The molecule has 1 fully saturated rings. The summed E-state index contributed by atoms with van der Waals surface area (Å²) >= 11 is 5.52. The van der Waals surface area contributed by atoms with Crippen molar-refractivity contribution < 1.29 is 0 Å². The van der Waals surface area contributed by atoms with Crippen molar-refractivity contribution in [3.05, 3.63) is 0 Å². The highest BCUT2D eigenvalue weighted by molar-refractivity contribution is 6.19. The quantitative estimate of drug-likeness (QED) is 0.574. The van der Waals surface area contributed by atoms with E-state index in [1.165, 1.54) is 25.7 Å². The third-order valence-electron chi connectivity index (χ3n) is 2.71. The SMILES string of the molecule is CNC[C@H]1CC[C@H](C#CCCl)CC1.Cl. The van der Waals surface area contributed by atoms with Gasteiger partial charge in [0.15, 0.2) is 0 Å². The van der Waals surface area contributed by atoms with Crippen molar-refractivity contribution in [3.63, 3.8) is 0 Å². The van der Waals surface area contributed by atoms with Gasteiger partial charge in [0, 0.05) is 5.92 Å². The highest BCUT2D eigenvalue weighted by Gasteiger charge is 2.18. The van der Waals surface area contributed by atoms with Crippen LogP contribution in [-0.4, -0.2) is 19.5 Å². The Morgan fingerprint density at radius 1 is 1.29 bits per heavy atom. The summed E-state index contributed by atoms with van der Waals surface area (Å²) in [5, 5.41) is 3.24. The minimum absolute atomic E-state index is 0. The van der Waals surface area contributed by atoms with Crippen molar-refractivity contribution in [2.45, 2.75) is 25.7 Å². The van der Waals surface area contributed by atoms with E-state index in [0.717, 1.165) is 12.5 Å². The minimum Gasteiger partial charge on any atom is -0.319 e. The van der Waals surface area contributed by atoms with Gasteiger partial charge in [-0.1, -0.05) is 11.8 Å². The van der Waals surface area contributed by atoms with Gasteiger partial charge in [0.25, 0.3) is 0 Å². The fourth-order valence-electron chi connectivity index (χ4n) is 1.98. The monoisotopic (exact) mass is 235 g/mol. The summed E-state index contributed by atoms with van der Waals surface area (Å²) in [6.07, 6.45) is 5.16. The molecule has 0 saturated heterocycles. The second-order valence-electron chi connectivity index (χ2n) is 3.73. The molecule has 14 heavy (non-hydrogen) atoms. The Bertz CT molecular complexity index is 187. The van der Waals surface area contributed by atoms with Crippen molar-refractivity contribution in [1.82, 2.24) is 5.32 Å². The van der Waals surface area contributed by atoms with E-state index in [0.29, 0.717) is 11.8 Å². The van der Waals surface area contributed by atoms with E-state index in [1.807, 2.05) is 7.05 Å². The molecule has 0 aromatic rings. The molecule has 82 valence electrons. The lowest BCUT2D eigenvalue weighted by molar-refractivity contribution is 0.311. The fourth-order valence-corrected chi connectivity index (χ4v) is 2.06. The van der Waals surface area contributed by atoms with Crippen LogP contribution in [0.15, 0.2) is 0 Å². The molecule has 1 nitrogen and oxygen atoms in total. The maximum atomic E-state index is 5.52. The first-order valence-electron chi connectivity index (χ1n) is 5.05. The summed E-state index contributed by atoms with van der Waals surface area (Å²) in [6, 6.07) is 0.